The zero-order chi connectivity index (χ0) is 21.3. The Balaban J connectivity index is 2.71. The lowest BCUT2D eigenvalue weighted by molar-refractivity contribution is 0.554. The fourth-order valence-corrected chi connectivity index (χ4v) is 5.14. The van der Waals surface area contributed by atoms with Crippen molar-refractivity contribution in [3.63, 3.8) is 0 Å². The monoisotopic (exact) mass is 394 g/mol. The van der Waals surface area contributed by atoms with Gasteiger partial charge in [-0.25, -0.2) is 0 Å². The largest absolute Gasteiger partial charge is 0.0687 e. The molecule has 0 nitrogen and oxygen atoms in total. The fourth-order valence-electron chi connectivity index (χ4n) is 3.45. The van der Waals surface area contributed by atoms with Crippen LogP contribution in [0, 0.1) is 0 Å². The van der Waals surface area contributed by atoms with Gasteiger partial charge in [0.15, 0.2) is 0 Å². The Kier molecular flexibility index (Phi) is 6.67. The van der Waals surface area contributed by atoms with Gasteiger partial charge in [-0.05, 0) is 57.1 Å². The molecule has 0 bridgehead atoms. The average Bonchev–Trinajstić information content (AvgIpc) is 2.52. The molecule has 0 aliphatic heterocycles. The van der Waals surface area contributed by atoms with E-state index in [1.165, 1.54) is 41.1 Å². The molecule has 2 aromatic rings. The van der Waals surface area contributed by atoms with E-state index in [-0.39, 0.29) is 16.2 Å². The quantitative estimate of drug-likeness (QED) is 0.471. The second-order valence-electron chi connectivity index (χ2n) is 11.2. The van der Waals surface area contributed by atoms with Gasteiger partial charge in [0.2, 0.25) is 0 Å². The molecule has 0 saturated carbocycles. The fraction of sp³-hybridized carbons (Fsp3) is 0.519. The summed E-state index contributed by atoms with van der Waals surface area (Å²) in [5.74, 6) is 0. The molecule has 0 spiro atoms. The Hall–Kier alpha value is -1.39. The van der Waals surface area contributed by atoms with E-state index in [0.29, 0.717) is 0 Å². The summed E-state index contributed by atoms with van der Waals surface area (Å²) in [6.45, 7) is 23.4. The Bertz CT molecular complexity index is 800. The van der Waals surface area contributed by atoms with Gasteiger partial charge in [0, 0.05) is 5.30 Å². The van der Waals surface area contributed by atoms with Crippen molar-refractivity contribution in [3.05, 3.63) is 64.7 Å². The van der Waals surface area contributed by atoms with Gasteiger partial charge in [0.1, 0.15) is 0 Å². The zero-order valence-corrected chi connectivity index (χ0v) is 20.6. The maximum absolute atomic E-state index is 2.48. The Morgan fingerprint density at radius 3 is 1.57 bits per heavy atom. The highest BCUT2D eigenvalue weighted by Crippen LogP contribution is 2.35. The first-order valence-corrected chi connectivity index (χ1v) is 11.4. The maximum atomic E-state index is 2.48. The SMILES string of the molecule is CC(Cc1ccccc1)=Pc1c(C(C)(C)C)cc(C(C)(C)C)cc1C(C)(C)C. The molecular formula is C27H39P. The van der Waals surface area contributed by atoms with Crippen LogP contribution in [0.3, 0.4) is 0 Å². The number of benzene rings is 2. The molecule has 2 rings (SSSR count). The molecule has 0 atom stereocenters. The van der Waals surface area contributed by atoms with Gasteiger partial charge in [-0.3, -0.25) is 0 Å². The van der Waals surface area contributed by atoms with Crippen LogP contribution in [0.1, 0.15) is 91.5 Å². The minimum Gasteiger partial charge on any atom is -0.0687 e. The van der Waals surface area contributed by atoms with E-state index < -0.39 is 0 Å². The third-order valence-corrected chi connectivity index (χ3v) is 6.44. The Morgan fingerprint density at radius 2 is 1.18 bits per heavy atom. The van der Waals surface area contributed by atoms with Crippen LogP contribution in [-0.4, -0.2) is 5.29 Å². The second kappa shape index (κ2) is 8.16. The second-order valence-corrected chi connectivity index (χ2v) is 12.6. The van der Waals surface area contributed by atoms with E-state index in [0.717, 1.165) is 6.42 Å². The summed E-state index contributed by atoms with van der Waals surface area (Å²) in [6, 6.07) is 15.8. The Labute approximate surface area is 175 Å². The third kappa shape index (κ3) is 5.81. The first-order chi connectivity index (χ1) is 12.7. The molecular weight excluding hydrogens is 355 g/mol. The molecule has 152 valence electrons. The maximum Gasteiger partial charge on any atom is 0.00922 e. The normalized spacial score (nSPS) is 13.7. The lowest BCUT2D eigenvalue weighted by atomic mass is 9.75. The molecule has 0 fully saturated rings. The summed E-state index contributed by atoms with van der Waals surface area (Å²) in [5, 5.41) is 3.02. The summed E-state index contributed by atoms with van der Waals surface area (Å²) >= 11 is 0. The van der Waals surface area contributed by atoms with Crippen molar-refractivity contribution in [1.82, 2.24) is 0 Å². The molecule has 28 heavy (non-hydrogen) atoms. The van der Waals surface area contributed by atoms with E-state index in [9.17, 15) is 0 Å². The molecule has 0 N–H and O–H groups in total. The third-order valence-electron chi connectivity index (χ3n) is 5.20. The average molecular weight is 395 g/mol. The molecule has 1 heteroatoms. The number of hydrogen-bond donors (Lipinski definition) is 0. The summed E-state index contributed by atoms with van der Waals surface area (Å²) < 4.78 is 0. The summed E-state index contributed by atoms with van der Waals surface area (Å²) in [7, 11) is 1.36. The van der Waals surface area contributed by atoms with E-state index in [1.54, 1.807) is 0 Å². The lowest BCUT2D eigenvalue weighted by Crippen LogP contribution is -2.30. The standard InChI is InChI=1S/C27H39P/c1-19(16-20-14-12-11-13-15-20)28-24-22(26(5,6)7)17-21(25(2,3)4)18-23(24)27(8,9)10/h11-15,17-18H,16H2,1-10H3. The van der Waals surface area contributed by atoms with Crippen LogP contribution >= 0.6 is 8.20 Å². The van der Waals surface area contributed by atoms with Gasteiger partial charge in [-0.2, -0.15) is 0 Å². The van der Waals surface area contributed by atoms with Gasteiger partial charge in [-0.15, -0.1) is 0 Å². The van der Waals surface area contributed by atoms with Crippen LogP contribution in [0.5, 0.6) is 0 Å². The first-order valence-electron chi connectivity index (χ1n) is 10.5. The van der Waals surface area contributed by atoms with Crippen LogP contribution in [0.2, 0.25) is 0 Å². The van der Waals surface area contributed by atoms with Gasteiger partial charge >= 0.3 is 0 Å². The highest BCUT2D eigenvalue weighted by Gasteiger charge is 2.28. The number of rotatable bonds is 3. The zero-order valence-electron chi connectivity index (χ0n) is 19.7. The molecule has 0 aliphatic rings. The van der Waals surface area contributed by atoms with Crippen molar-refractivity contribution in [2.24, 2.45) is 0 Å². The molecule has 0 radical (unpaired) electrons. The summed E-state index contributed by atoms with van der Waals surface area (Å²) in [5.41, 5.74) is 6.24. The smallest absolute Gasteiger partial charge is 0.00922 e. The van der Waals surface area contributed by atoms with Gasteiger partial charge in [0.25, 0.3) is 0 Å². The molecule has 0 amide bonds. The van der Waals surface area contributed by atoms with Crippen molar-refractivity contribution in [3.8, 4) is 0 Å². The molecule has 0 aromatic heterocycles. The lowest BCUT2D eigenvalue weighted by Gasteiger charge is -2.32. The van der Waals surface area contributed by atoms with E-state index in [1.807, 2.05) is 0 Å². The minimum atomic E-state index is 0.122. The van der Waals surface area contributed by atoms with Crippen molar-refractivity contribution in [1.29, 1.82) is 0 Å². The molecule has 0 aliphatic carbocycles. The predicted octanol–water partition coefficient (Wildman–Crippen LogP) is 7.59. The summed E-state index contributed by atoms with van der Waals surface area (Å²) in [6.07, 6.45) is 1.04. The van der Waals surface area contributed by atoms with Crippen LogP contribution < -0.4 is 5.30 Å². The van der Waals surface area contributed by atoms with Crippen molar-refractivity contribution < 1.29 is 0 Å². The van der Waals surface area contributed by atoms with Crippen LogP contribution in [-0.2, 0) is 22.7 Å². The molecule has 0 unspecified atom stereocenters. The van der Waals surface area contributed by atoms with Crippen LogP contribution in [0.15, 0.2) is 42.5 Å². The van der Waals surface area contributed by atoms with E-state index in [2.05, 4.69) is 112 Å². The Morgan fingerprint density at radius 1 is 0.714 bits per heavy atom. The number of hydrogen-bond acceptors (Lipinski definition) is 0. The van der Waals surface area contributed by atoms with E-state index >= 15 is 0 Å². The predicted molar refractivity (Wildman–Crippen MR) is 130 cm³/mol. The first kappa shape index (κ1) is 22.9. The topological polar surface area (TPSA) is 0 Å². The highest BCUT2D eigenvalue weighted by atomic mass is 31.1. The van der Waals surface area contributed by atoms with Crippen LogP contribution in [0.25, 0.3) is 0 Å². The molecule has 2 aromatic carbocycles. The van der Waals surface area contributed by atoms with Gasteiger partial charge in [-0.1, -0.05) is 113 Å². The van der Waals surface area contributed by atoms with Crippen LogP contribution in [0.4, 0.5) is 0 Å². The van der Waals surface area contributed by atoms with Crippen molar-refractivity contribution >= 4 is 18.8 Å². The minimum absolute atomic E-state index is 0.122. The van der Waals surface area contributed by atoms with Gasteiger partial charge < -0.3 is 0 Å². The van der Waals surface area contributed by atoms with Crippen molar-refractivity contribution in [2.45, 2.75) is 91.9 Å². The van der Waals surface area contributed by atoms with Gasteiger partial charge in [0.05, 0.1) is 0 Å². The molecule has 0 saturated heterocycles. The molecule has 0 heterocycles. The highest BCUT2D eigenvalue weighted by molar-refractivity contribution is 7.49. The summed E-state index contributed by atoms with van der Waals surface area (Å²) in [4.78, 5) is 0. The van der Waals surface area contributed by atoms with Crippen molar-refractivity contribution in [2.75, 3.05) is 0 Å². The van der Waals surface area contributed by atoms with E-state index in [4.69, 9.17) is 0 Å².